The van der Waals surface area contributed by atoms with E-state index in [0.29, 0.717) is 28.5 Å². The van der Waals surface area contributed by atoms with E-state index in [1.165, 1.54) is 0 Å². The van der Waals surface area contributed by atoms with Crippen LogP contribution in [0.15, 0.2) is 52.0 Å². The third kappa shape index (κ3) is 4.47. The number of anilines is 2. The Balaban J connectivity index is 1.72. The third-order valence-corrected chi connectivity index (χ3v) is 4.93. The zero-order valence-electron chi connectivity index (χ0n) is 16.3. The highest BCUT2D eigenvalue weighted by Gasteiger charge is 2.27. The highest BCUT2D eigenvalue weighted by atomic mass is 35.5. The molecule has 0 aliphatic carbocycles. The number of aromatic hydroxyl groups is 1. The lowest BCUT2D eigenvalue weighted by Crippen LogP contribution is -2.07. The predicted octanol–water partition coefficient (Wildman–Crippen LogP) is 4.42. The molecule has 4 rings (SSSR count). The van der Waals surface area contributed by atoms with E-state index in [1.807, 2.05) is 6.07 Å². The first-order valence-electron chi connectivity index (χ1n) is 9.57. The molecule has 0 fully saturated rings. The minimum absolute atomic E-state index is 0.0195. The number of para-hydroxylation sites is 1. The lowest BCUT2D eigenvalue weighted by Gasteiger charge is -2.13. The van der Waals surface area contributed by atoms with Crippen LogP contribution in [0, 0.1) is 0 Å². The second-order valence-corrected chi connectivity index (χ2v) is 7.10. The standard InChI is InChI=1S/C22H20ClN3O5/c23-15-6-1-2-7-16(15)26-21-18(22(29)30-10-4-9-27)19(28)17(31-21)11-13-12-25-20-14(13)5-3-8-24-20/h1-3,5-8,11-12,22,26-29H,4,9-10H2. The van der Waals surface area contributed by atoms with Crippen molar-refractivity contribution in [3.05, 3.63) is 64.5 Å². The fourth-order valence-electron chi connectivity index (χ4n) is 3.08. The van der Waals surface area contributed by atoms with Gasteiger partial charge in [-0.1, -0.05) is 23.7 Å². The van der Waals surface area contributed by atoms with Gasteiger partial charge in [0.15, 0.2) is 23.6 Å². The van der Waals surface area contributed by atoms with Crippen LogP contribution in [0.5, 0.6) is 5.75 Å². The van der Waals surface area contributed by atoms with Crippen LogP contribution >= 0.6 is 11.6 Å². The van der Waals surface area contributed by atoms with Crippen molar-refractivity contribution in [1.82, 2.24) is 4.98 Å². The van der Waals surface area contributed by atoms with Gasteiger partial charge < -0.3 is 29.8 Å². The Bertz CT molecular complexity index is 1140. The van der Waals surface area contributed by atoms with Gasteiger partial charge in [0.05, 0.1) is 17.3 Å². The number of hydrogen-bond donors (Lipinski definition) is 4. The molecule has 31 heavy (non-hydrogen) atoms. The molecule has 160 valence electrons. The molecular formula is C22H20ClN3O5. The van der Waals surface area contributed by atoms with Gasteiger partial charge in [0.1, 0.15) is 5.56 Å². The molecule has 1 aromatic carbocycles. The SMILES string of the molecule is OCCCOC(O)c1c(Nc2ccccc2Cl)oc(C=C2C=Nc3ncccc32)c1O. The Labute approximate surface area is 183 Å². The molecule has 0 amide bonds. The van der Waals surface area contributed by atoms with Gasteiger partial charge in [0, 0.05) is 30.2 Å². The average Bonchev–Trinajstić information content (AvgIpc) is 3.31. The quantitative estimate of drug-likeness (QED) is 0.301. The van der Waals surface area contributed by atoms with Crippen LogP contribution in [-0.2, 0) is 4.74 Å². The van der Waals surface area contributed by atoms with Crippen molar-refractivity contribution in [2.24, 2.45) is 4.99 Å². The summed E-state index contributed by atoms with van der Waals surface area (Å²) in [7, 11) is 0. The Hall–Kier alpha value is -3.17. The predicted molar refractivity (Wildman–Crippen MR) is 118 cm³/mol. The number of ether oxygens (including phenoxy) is 1. The first-order valence-corrected chi connectivity index (χ1v) is 9.95. The van der Waals surface area contributed by atoms with Gasteiger partial charge in [-0.3, -0.25) is 0 Å². The number of aliphatic hydroxyl groups is 2. The first-order chi connectivity index (χ1) is 15.1. The van der Waals surface area contributed by atoms with Crippen LogP contribution < -0.4 is 5.32 Å². The molecule has 8 nitrogen and oxygen atoms in total. The Morgan fingerprint density at radius 3 is 2.87 bits per heavy atom. The van der Waals surface area contributed by atoms with Crippen LogP contribution in [0.2, 0.25) is 5.02 Å². The molecule has 1 aliphatic heterocycles. The van der Waals surface area contributed by atoms with E-state index in [0.717, 1.165) is 5.56 Å². The van der Waals surface area contributed by atoms with Crippen LogP contribution in [0.1, 0.15) is 29.6 Å². The van der Waals surface area contributed by atoms with E-state index < -0.39 is 6.29 Å². The van der Waals surface area contributed by atoms with Crippen molar-refractivity contribution >= 4 is 46.9 Å². The topological polar surface area (TPSA) is 120 Å². The molecule has 1 unspecified atom stereocenters. The number of hydrogen-bond acceptors (Lipinski definition) is 8. The number of benzene rings is 1. The fourth-order valence-corrected chi connectivity index (χ4v) is 3.27. The smallest absolute Gasteiger partial charge is 0.210 e. The molecule has 3 aromatic rings. The molecule has 4 N–H and O–H groups in total. The number of aromatic nitrogens is 1. The second kappa shape index (κ2) is 9.32. The van der Waals surface area contributed by atoms with Gasteiger partial charge in [-0.25, -0.2) is 9.98 Å². The normalized spacial score (nSPS) is 14.7. The lowest BCUT2D eigenvalue weighted by atomic mass is 10.1. The summed E-state index contributed by atoms with van der Waals surface area (Å²) in [5.74, 6) is 0.467. The van der Waals surface area contributed by atoms with Crippen molar-refractivity contribution in [2.75, 3.05) is 18.5 Å². The van der Waals surface area contributed by atoms with Crippen molar-refractivity contribution in [2.45, 2.75) is 12.7 Å². The van der Waals surface area contributed by atoms with Crippen LogP contribution in [-0.4, -0.2) is 39.7 Å². The van der Waals surface area contributed by atoms with Gasteiger partial charge in [-0.05, 0) is 36.8 Å². The molecule has 0 radical (unpaired) electrons. The second-order valence-electron chi connectivity index (χ2n) is 6.70. The van der Waals surface area contributed by atoms with E-state index in [1.54, 1.807) is 48.8 Å². The number of pyridine rings is 1. The Morgan fingerprint density at radius 1 is 1.23 bits per heavy atom. The summed E-state index contributed by atoms with van der Waals surface area (Å²) < 4.78 is 11.2. The average molecular weight is 442 g/mol. The summed E-state index contributed by atoms with van der Waals surface area (Å²) in [6, 6.07) is 10.6. The minimum atomic E-state index is -1.49. The van der Waals surface area contributed by atoms with E-state index in [9.17, 15) is 10.2 Å². The zero-order valence-corrected chi connectivity index (χ0v) is 17.1. The molecule has 0 bridgehead atoms. The summed E-state index contributed by atoms with van der Waals surface area (Å²) in [6.45, 7) is 0.00882. The number of aliphatic hydroxyl groups excluding tert-OH is 2. The molecule has 0 spiro atoms. The first kappa shape index (κ1) is 21.1. The van der Waals surface area contributed by atoms with Crippen LogP contribution in [0.25, 0.3) is 11.6 Å². The fraction of sp³-hybridized carbons (Fsp3) is 0.182. The molecular weight excluding hydrogens is 422 g/mol. The summed E-state index contributed by atoms with van der Waals surface area (Å²) in [5, 5.41) is 33.7. The third-order valence-electron chi connectivity index (χ3n) is 4.60. The number of nitrogens with zero attached hydrogens (tertiary/aromatic N) is 2. The molecule has 0 saturated carbocycles. The Morgan fingerprint density at radius 2 is 2.06 bits per heavy atom. The number of halogens is 1. The highest BCUT2D eigenvalue weighted by Crippen LogP contribution is 2.43. The van der Waals surface area contributed by atoms with Gasteiger partial charge in [0.2, 0.25) is 5.88 Å². The lowest BCUT2D eigenvalue weighted by molar-refractivity contribution is -0.105. The van der Waals surface area contributed by atoms with Gasteiger partial charge >= 0.3 is 0 Å². The van der Waals surface area contributed by atoms with Crippen molar-refractivity contribution in [3.63, 3.8) is 0 Å². The summed E-state index contributed by atoms with van der Waals surface area (Å²) >= 11 is 6.22. The van der Waals surface area contributed by atoms with E-state index in [2.05, 4.69) is 15.3 Å². The zero-order chi connectivity index (χ0) is 21.8. The molecule has 3 heterocycles. The van der Waals surface area contributed by atoms with Gasteiger partial charge in [-0.2, -0.15) is 0 Å². The van der Waals surface area contributed by atoms with Crippen molar-refractivity contribution < 1.29 is 24.5 Å². The molecule has 2 aromatic heterocycles. The van der Waals surface area contributed by atoms with E-state index >= 15 is 0 Å². The molecule has 1 aliphatic rings. The van der Waals surface area contributed by atoms with Crippen molar-refractivity contribution in [3.8, 4) is 5.75 Å². The summed E-state index contributed by atoms with van der Waals surface area (Å²) in [4.78, 5) is 8.43. The van der Waals surface area contributed by atoms with E-state index in [4.69, 9.17) is 25.9 Å². The van der Waals surface area contributed by atoms with E-state index in [-0.39, 0.29) is 36.2 Å². The number of allylic oxidation sites excluding steroid dienone is 1. The Kier molecular flexibility index (Phi) is 6.34. The number of furan rings is 1. The van der Waals surface area contributed by atoms with Crippen molar-refractivity contribution in [1.29, 1.82) is 0 Å². The van der Waals surface area contributed by atoms with Crippen LogP contribution in [0.3, 0.4) is 0 Å². The largest absolute Gasteiger partial charge is 0.504 e. The maximum atomic E-state index is 10.8. The summed E-state index contributed by atoms with van der Waals surface area (Å²) in [6.07, 6.45) is 3.72. The molecule has 0 saturated heterocycles. The number of nitrogens with one attached hydrogen (secondary N) is 1. The number of aliphatic imine (C=N–C) groups is 1. The van der Waals surface area contributed by atoms with Crippen LogP contribution in [0.4, 0.5) is 17.4 Å². The number of rotatable bonds is 8. The maximum Gasteiger partial charge on any atom is 0.210 e. The monoisotopic (exact) mass is 441 g/mol. The summed E-state index contributed by atoms with van der Waals surface area (Å²) in [5.41, 5.74) is 2.03. The van der Waals surface area contributed by atoms with Gasteiger partial charge in [0.25, 0.3) is 0 Å². The molecule has 1 atom stereocenters. The molecule has 9 heteroatoms. The minimum Gasteiger partial charge on any atom is -0.504 e. The number of fused-ring (bicyclic) bond motifs is 1. The van der Waals surface area contributed by atoms with Gasteiger partial charge in [-0.15, -0.1) is 0 Å². The highest BCUT2D eigenvalue weighted by molar-refractivity contribution is 6.33. The maximum absolute atomic E-state index is 10.8.